The van der Waals surface area contributed by atoms with Crippen LogP contribution in [0.25, 0.3) is 0 Å². The summed E-state index contributed by atoms with van der Waals surface area (Å²) in [7, 11) is 0. The quantitative estimate of drug-likeness (QED) is 0.760. The van der Waals surface area contributed by atoms with E-state index in [-0.39, 0.29) is 17.9 Å². The molecule has 4 heteroatoms. The average molecular weight is 248 g/mol. The van der Waals surface area contributed by atoms with E-state index in [1.165, 1.54) is 0 Å². The second-order valence-electron chi connectivity index (χ2n) is 5.11. The van der Waals surface area contributed by atoms with Crippen molar-refractivity contribution in [1.82, 2.24) is 5.32 Å². The summed E-state index contributed by atoms with van der Waals surface area (Å²) in [6.45, 7) is 3.61. The maximum absolute atomic E-state index is 12.3. The van der Waals surface area contributed by atoms with Gasteiger partial charge in [-0.3, -0.25) is 4.79 Å². The largest absolute Gasteiger partial charge is 0.392 e. The summed E-state index contributed by atoms with van der Waals surface area (Å²) in [5, 5.41) is 15.4. The summed E-state index contributed by atoms with van der Waals surface area (Å²) >= 11 is 0. The maximum Gasteiger partial charge on any atom is 0.231 e. The number of amides is 1. The lowest BCUT2D eigenvalue weighted by Gasteiger charge is -2.32. The van der Waals surface area contributed by atoms with Crippen LogP contribution in [0, 0.1) is 5.41 Å². The number of nitrogens with one attached hydrogen (secondary N) is 2. The van der Waals surface area contributed by atoms with Gasteiger partial charge in [0.05, 0.1) is 12.0 Å². The number of carbonyl (C=O) groups excluding carboxylic acids is 1. The summed E-state index contributed by atoms with van der Waals surface area (Å²) in [4.78, 5) is 12.3. The monoisotopic (exact) mass is 248 g/mol. The summed E-state index contributed by atoms with van der Waals surface area (Å²) in [6.07, 6.45) is 1.92. The van der Waals surface area contributed by atoms with Gasteiger partial charge in [-0.15, -0.1) is 0 Å². The van der Waals surface area contributed by atoms with Crippen LogP contribution in [0.5, 0.6) is 0 Å². The molecule has 1 unspecified atom stereocenters. The highest BCUT2D eigenvalue weighted by molar-refractivity contribution is 5.95. The van der Waals surface area contributed by atoms with Gasteiger partial charge in [-0.25, -0.2) is 0 Å². The first-order chi connectivity index (χ1) is 8.65. The van der Waals surface area contributed by atoms with Crippen LogP contribution in [0.15, 0.2) is 24.3 Å². The molecule has 1 saturated heterocycles. The molecule has 1 amide bonds. The van der Waals surface area contributed by atoms with Crippen molar-refractivity contribution in [2.75, 3.05) is 18.4 Å². The number of para-hydroxylation sites is 1. The zero-order chi connectivity index (χ0) is 13.0. The van der Waals surface area contributed by atoms with Crippen LogP contribution >= 0.6 is 0 Å². The first-order valence-corrected chi connectivity index (χ1v) is 6.37. The Morgan fingerprint density at radius 3 is 2.94 bits per heavy atom. The molecular weight excluding hydrogens is 228 g/mol. The van der Waals surface area contributed by atoms with E-state index in [1.807, 2.05) is 31.2 Å². The molecule has 1 fully saturated rings. The molecule has 4 nitrogen and oxygen atoms in total. The van der Waals surface area contributed by atoms with Gasteiger partial charge in [0.25, 0.3) is 0 Å². The number of aliphatic hydroxyl groups is 1. The van der Waals surface area contributed by atoms with Crippen LogP contribution in [-0.2, 0) is 11.4 Å². The molecule has 2 rings (SSSR count). The molecule has 1 atom stereocenters. The number of hydrogen-bond acceptors (Lipinski definition) is 3. The van der Waals surface area contributed by atoms with Crippen LogP contribution in [0.4, 0.5) is 5.69 Å². The Morgan fingerprint density at radius 2 is 2.28 bits per heavy atom. The minimum atomic E-state index is -0.360. The first kappa shape index (κ1) is 13.1. The second kappa shape index (κ2) is 5.50. The summed E-state index contributed by atoms with van der Waals surface area (Å²) in [5.74, 6) is 0.0237. The molecule has 0 bridgehead atoms. The van der Waals surface area contributed by atoms with E-state index >= 15 is 0 Å². The molecule has 1 aromatic rings. The number of aliphatic hydroxyl groups excluding tert-OH is 1. The van der Waals surface area contributed by atoms with Gasteiger partial charge in [-0.1, -0.05) is 18.2 Å². The molecule has 0 spiro atoms. The van der Waals surface area contributed by atoms with Crippen LogP contribution < -0.4 is 10.6 Å². The predicted molar refractivity (Wildman–Crippen MR) is 71.2 cm³/mol. The standard InChI is InChI=1S/C14H20N2O2/c1-14(7-4-8-15-10-14)13(18)16-12-6-3-2-5-11(12)9-17/h2-3,5-6,15,17H,4,7-10H2,1H3,(H,16,18). The van der Waals surface area contributed by atoms with Crippen molar-refractivity contribution < 1.29 is 9.90 Å². The predicted octanol–water partition coefficient (Wildman–Crippen LogP) is 1.51. The molecule has 0 radical (unpaired) electrons. The van der Waals surface area contributed by atoms with E-state index in [2.05, 4.69) is 10.6 Å². The van der Waals surface area contributed by atoms with Crippen molar-refractivity contribution in [3.63, 3.8) is 0 Å². The molecule has 0 aromatic heterocycles. The van der Waals surface area contributed by atoms with E-state index in [0.717, 1.165) is 24.9 Å². The number of anilines is 1. The number of benzene rings is 1. The Balaban J connectivity index is 2.10. The number of piperidine rings is 1. The van der Waals surface area contributed by atoms with E-state index in [9.17, 15) is 9.90 Å². The second-order valence-corrected chi connectivity index (χ2v) is 5.11. The van der Waals surface area contributed by atoms with Gasteiger partial charge in [-0.05, 0) is 32.4 Å². The number of rotatable bonds is 3. The molecule has 0 saturated carbocycles. The molecule has 1 aromatic carbocycles. The van der Waals surface area contributed by atoms with E-state index in [4.69, 9.17) is 0 Å². The van der Waals surface area contributed by atoms with Crippen molar-refractivity contribution >= 4 is 11.6 Å². The van der Waals surface area contributed by atoms with Gasteiger partial charge in [0.1, 0.15) is 0 Å². The van der Waals surface area contributed by atoms with Crippen molar-refractivity contribution in [3.8, 4) is 0 Å². The van der Waals surface area contributed by atoms with Crippen LogP contribution in [-0.4, -0.2) is 24.1 Å². The van der Waals surface area contributed by atoms with Crippen LogP contribution in [0.2, 0.25) is 0 Å². The fourth-order valence-electron chi connectivity index (χ4n) is 2.30. The van der Waals surface area contributed by atoms with E-state index in [0.29, 0.717) is 12.2 Å². The average Bonchev–Trinajstić information content (AvgIpc) is 2.40. The minimum absolute atomic E-state index is 0.0237. The molecule has 98 valence electrons. The van der Waals surface area contributed by atoms with E-state index < -0.39 is 0 Å². The highest BCUT2D eigenvalue weighted by atomic mass is 16.3. The smallest absolute Gasteiger partial charge is 0.231 e. The highest BCUT2D eigenvalue weighted by Crippen LogP contribution is 2.28. The summed E-state index contributed by atoms with van der Waals surface area (Å²) < 4.78 is 0. The van der Waals surface area contributed by atoms with Gasteiger partial charge in [0.15, 0.2) is 0 Å². The SMILES string of the molecule is CC1(C(=O)Nc2ccccc2CO)CCCNC1. The molecular formula is C14H20N2O2. The lowest BCUT2D eigenvalue weighted by Crippen LogP contribution is -2.46. The number of hydrogen-bond donors (Lipinski definition) is 3. The van der Waals surface area contributed by atoms with E-state index in [1.54, 1.807) is 0 Å². The Labute approximate surface area is 107 Å². The molecule has 1 aliphatic heterocycles. The van der Waals surface area contributed by atoms with Gasteiger partial charge >= 0.3 is 0 Å². The third-order valence-corrected chi connectivity index (χ3v) is 3.58. The fourth-order valence-corrected chi connectivity index (χ4v) is 2.30. The zero-order valence-corrected chi connectivity index (χ0v) is 10.7. The minimum Gasteiger partial charge on any atom is -0.392 e. The highest BCUT2D eigenvalue weighted by Gasteiger charge is 2.34. The van der Waals surface area contributed by atoms with Crippen molar-refractivity contribution in [2.24, 2.45) is 5.41 Å². The Kier molecular flexibility index (Phi) is 3.99. The lowest BCUT2D eigenvalue weighted by atomic mass is 9.82. The maximum atomic E-state index is 12.3. The summed E-state index contributed by atoms with van der Waals surface area (Å²) in [5.41, 5.74) is 1.09. The van der Waals surface area contributed by atoms with Crippen molar-refractivity contribution in [1.29, 1.82) is 0 Å². The van der Waals surface area contributed by atoms with Gasteiger partial charge < -0.3 is 15.7 Å². The number of carbonyl (C=O) groups is 1. The molecule has 18 heavy (non-hydrogen) atoms. The molecule has 1 heterocycles. The Morgan fingerprint density at radius 1 is 1.50 bits per heavy atom. The van der Waals surface area contributed by atoms with Crippen LogP contribution in [0.3, 0.4) is 0 Å². The Bertz CT molecular complexity index is 426. The normalized spacial score (nSPS) is 23.7. The Hall–Kier alpha value is -1.39. The van der Waals surface area contributed by atoms with Gasteiger partial charge in [0.2, 0.25) is 5.91 Å². The zero-order valence-electron chi connectivity index (χ0n) is 10.7. The van der Waals surface area contributed by atoms with Gasteiger partial charge in [-0.2, -0.15) is 0 Å². The lowest BCUT2D eigenvalue weighted by molar-refractivity contribution is -0.125. The van der Waals surface area contributed by atoms with Crippen molar-refractivity contribution in [2.45, 2.75) is 26.4 Å². The van der Waals surface area contributed by atoms with Crippen LogP contribution in [0.1, 0.15) is 25.3 Å². The third-order valence-electron chi connectivity index (χ3n) is 3.58. The summed E-state index contributed by atoms with van der Waals surface area (Å²) in [6, 6.07) is 7.35. The molecule has 0 aliphatic carbocycles. The molecule has 1 aliphatic rings. The van der Waals surface area contributed by atoms with Crippen molar-refractivity contribution in [3.05, 3.63) is 29.8 Å². The fraction of sp³-hybridized carbons (Fsp3) is 0.500. The topological polar surface area (TPSA) is 61.4 Å². The first-order valence-electron chi connectivity index (χ1n) is 6.37. The van der Waals surface area contributed by atoms with Gasteiger partial charge in [0, 0.05) is 17.8 Å². The molecule has 3 N–H and O–H groups in total. The third kappa shape index (κ3) is 2.71.